The Morgan fingerprint density at radius 3 is 2.31 bits per heavy atom. The molecule has 5 heteroatoms. The van der Waals surface area contributed by atoms with E-state index in [9.17, 15) is 9.59 Å². The summed E-state index contributed by atoms with van der Waals surface area (Å²) in [5.41, 5.74) is 0.339. The molecule has 1 fully saturated rings. The summed E-state index contributed by atoms with van der Waals surface area (Å²) in [5.74, 6) is -0.461. The molecule has 1 rings (SSSR count). The van der Waals surface area contributed by atoms with Crippen molar-refractivity contribution >= 4 is 12.1 Å². The van der Waals surface area contributed by atoms with Crippen molar-refractivity contribution in [3.8, 4) is 0 Å². The lowest BCUT2D eigenvalue weighted by Crippen LogP contribution is -2.29. The fourth-order valence-electron chi connectivity index (χ4n) is 1.38. The summed E-state index contributed by atoms with van der Waals surface area (Å²) in [6.45, 7) is 6.68. The average Bonchev–Trinajstić information content (AvgIpc) is 2.76. The smallest absolute Gasteiger partial charge is 0.409 e. The fraction of sp³-hybridized carbons (Fsp3) is 0.636. The number of carbonyl (C=O) groups is 2. The van der Waals surface area contributed by atoms with Crippen LogP contribution < -0.4 is 0 Å². The third kappa shape index (κ3) is 3.92. The third-order valence-corrected chi connectivity index (χ3v) is 2.25. The van der Waals surface area contributed by atoms with Crippen molar-refractivity contribution in [2.45, 2.75) is 19.8 Å². The minimum Gasteiger partial charge on any atom is -0.459 e. The lowest BCUT2D eigenvalue weighted by molar-refractivity contribution is -0.140. The summed E-state index contributed by atoms with van der Waals surface area (Å²) < 4.78 is 9.72. The lowest BCUT2D eigenvalue weighted by Gasteiger charge is -2.14. The number of ether oxygens (including phenoxy) is 2. The molecule has 1 aliphatic heterocycles. The van der Waals surface area contributed by atoms with Crippen LogP contribution in [0.1, 0.15) is 19.8 Å². The maximum absolute atomic E-state index is 11.4. The van der Waals surface area contributed by atoms with E-state index >= 15 is 0 Å². The molecule has 0 radical (unpaired) electrons. The molecule has 0 unspecified atom stereocenters. The molecule has 1 aliphatic rings. The fourth-order valence-corrected chi connectivity index (χ4v) is 1.38. The molecular weight excluding hydrogens is 210 g/mol. The van der Waals surface area contributed by atoms with Gasteiger partial charge in [-0.05, 0) is 19.8 Å². The third-order valence-electron chi connectivity index (χ3n) is 2.25. The first-order chi connectivity index (χ1) is 7.61. The van der Waals surface area contributed by atoms with Crippen molar-refractivity contribution < 1.29 is 19.1 Å². The molecule has 0 aromatic carbocycles. The first-order valence-electron chi connectivity index (χ1n) is 5.35. The molecule has 0 spiro atoms. The van der Waals surface area contributed by atoms with E-state index < -0.39 is 5.97 Å². The molecule has 0 saturated carbocycles. The second kappa shape index (κ2) is 6.15. The molecule has 5 nitrogen and oxygen atoms in total. The van der Waals surface area contributed by atoms with Gasteiger partial charge in [0.05, 0.1) is 0 Å². The van der Waals surface area contributed by atoms with Crippen LogP contribution in [0, 0.1) is 0 Å². The van der Waals surface area contributed by atoms with Gasteiger partial charge < -0.3 is 14.4 Å². The summed E-state index contributed by atoms with van der Waals surface area (Å²) in [4.78, 5) is 24.0. The molecule has 0 aromatic rings. The lowest BCUT2D eigenvalue weighted by atomic mass is 10.4. The minimum atomic E-state index is -0.461. The van der Waals surface area contributed by atoms with Gasteiger partial charge in [0.25, 0.3) is 0 Å². The highest BCUT2D eigenvalue weighted by atomic mass is 16.6. The Hall–Kier alpha value is -1.52. The van der Waals surface area contributed by atoms with Gasteiger partial charge in [-0.1, -0.05) is 6.58 Å². The van der Waals surface area contributed by atoms with Crippen molar-refractivity contribution in [3.63, 3.8) is 0 Å². The van der Waals surface area contributed by atoms with Crippen LogP contribution in [0.4, 0.5) is 4.79 Å². The van der Waals surface area contributed by atoms with Gasteiger partial charge in [-0.3, -0.25) is 0 Å². The van der Waals surface area contributed by atoms with Crippen LogP contribution in [0.15, 0.2) is 12.2 Å². The molecule has 0 N–H and O–H groups in total. The van der Waals surface area contributed by atoms with Crippen molar-refractivity contribution in [2.24, 2.45) is 0 Å². The van der Waals surface area contributed by atoms with Gasteiger partial charge in [0.2, 0.25) is 0 Å². The zero-order valence-electron chi connectivity index (χ0n) is 9.53. The summed E-state index contributed by atoms with van der Waals surface area (Å²) in [7, 11) is 0. The van der Waals surface area contributed by atoms with Gasteiger partial charge in [-0.15, -0.1) is 0 Å². The SMILES string of the molecule is C=C(C)C(=O)OCCOC(=O)N1CCCC1. The molecule has 0 bridgehead atoms. The quantitative estimate of drug-likeness (QED) is 0.413. The van der Waals surface area contributed by atoms with Crippen molar-refractivity contribution in [1.82, 2.24) is 4.90 Å². The largest absolute Gasteiger partial charge is 0.459 e. The number of esters is 1. The highest BCUT2D eigenvalue weighted by Gasteiger charge is 2.18. The molecule has 1 heterocycles. The second-order valence-corrected chi connectivity index (χ2v) is 3.72. The number of rotatable bonds is 4. The Bertz CT molecular complexity index is 282. The minimum absolute atomic E-state index is 0.0747. The van der Waals surface area contributed by atoms with E-state index in [1.165, 1.54) is 0 Å². The average molecular weight is 227 g/mol. The van der Waals surface area contributed by atoms with E-state index in [0.29, 0.717) is 5.57 Å². The van der Waals surface area contributed by atoms with Crippen molar-refractivity contribution in [3.05, 3.63) is 12.2 Å². The number of likely N-dealkylation sites (tertiary alicyclic amines) is 1. The van der Waals surface area contributed by atoms with Gasteiger partial charge in [0.1, 0.15) is 13.2 Å². The maximum atomic E-state index is 11.4. The van der Waals surface area contributed by atoms with E-state index in [2.05, 4.69) is 6.58 Å². The van der Waals surface area contributed by atoms with Gasteiger partial charge in [0.15, 0.2) is 0 Å². The monoisotopic (exact) mass is 227 g/mol. The van der Waals surface area contributed by atoms with Crippen LogP contribution in [0.2, 0.25) is 0 Å². The molecule has 16 heavy (non-hydrogen) atoms. The zero-order chi connectivity index (χ0) is 12.0. The first kappa shape index (κ1) is 12.5. The van der Waals surface area contributed by atoms with E-state index in [1.807, 2.05) is 0 Å². The van der Waals surface area contributed by atoms with Gasteiger partial charge in [-0.2, -0.15) is 0 Å². The number of hydrogen-bond donors (Lipinski definition) is 0. The van der Waals surface area contributed by atoms with Gasteiger partial charge in [0, 0.05) is 18.7 Å². The molecule has 1 amide bonds. The van der Waals surface area contributed by atoms with Crippen LogP contribution in [0.3, 0.4) is 0 Å². The number of amides is 1. The van der Waals surface area contributed by atoms with E-state index in [0.717, 1.165) is 25.9 Å². The number of carbonyl (C=O) groups excluding carboxylic acids is 2. The predicted octanol–water partition coefficient (Wildman–Crippen LogP) is 1.34. The molecule has 0 aromatic heterocycles. The normalized spacial score (nSPS) is 14.7. The molecular formula is C11H17NO4. The Morgan fingerprint density at radius 2 is 1.75 bits per heavy atom. The Labute approximate surface area is 95.0 Å². The molecule has 90 valence electrons. The number of hydrogen-bond acceptors (Lipinski definition) is 4. The van der Waals surface area contributed by atoms with Gasteiger partial charge in [-0.25, -0.2) is 9.59 Å². The molecule has 0 atom stereocenters. The maximum Gasteiger partial charge on any atom is 0.409 e. The van der Waals surface area contributed by atoms with Crippen LogP contribution in [-0.4, -0.2) is 43.3 Å². The summed E-state index contributed by atoms with van der Waals surface area (Å²) in [5, 5.41) is 0. The van der Waals surface area contributed by atoms with E-state index in [4.69, 9.17) is 9.47 Å². The Kier molecular flexibility index (Phi) is 4.82. The van der Waals surface area contributed by atoms with Crippen molar-refractivity contribution in [1.29, 1.82) is 0 Å². The van der Waals surface area contributed by atoms with Gasteiger partial charge >= 0.3 is 12.1 Å². The summed E-state index contributed by atoms with van der Waals surface area (Å²) in [6, 6.07) is 0. The summed E-state index contributed by atoms with van der Waals surface area (Å²) >= 11 is 0. The van der Waals surface area contributed by atoms with Crippen LogP contribution >= 0.6 is 0 Å². The Balaban J connectivity index is 2.08. The van der Waals surface area contributed by atoms with Crippen LogP contribution in [0.25, 0.3) is 0 Å². The highest BCUT2D eigenvalue weighted by molar-refractivity contribution is 5.86. The highest BCUT2D eigenvalue weighted by Crippen LogP contribution is 2.08. The standard InChI is InChI=1S/C11H17NO4/c1-9(2)10(13)15-7-8-16-11(14)12-5-3-4-6-12/h1,3-8H2,2H3. The summed E-state index contributed by atoms with van der Waals surface area (Å²) in [6.07, 6.45) is 1.73. The first-order valence-corrected chi connectivity index (χ1v) is 5.35. The number of nitrogens with zero attached hydrogens (tertiary/aromatic N) is 1. The predicted molar refractivity (Wildman–Crippen MR) is 57.9 cm³/mol. The van der Waals surface area contributed by atoms with Crippen LogP contribution in [-0.2, 0) is 14.3 Å². The second-order valence-electron chi connectivity index (χ2n) is 3.72. The molecule has 0 aliphatic carbocycles. The van der Waals surface area contributed by atoms with E-state index in [-0.39, 0.29) is 19.3 Å². The Morgan fingerprint density at radius 1 is 1.19 bits per heavy atom. The molecule has 1 saturated heterocycles. The van der Waals surface area contributed by atoms with Crippen molar-refractivity contribution in [2.75, 3.05) is 26.3 Å². The topological polar surface area (TPSA) is 55.8 Å². The van der Waals surface area contributed by atoms with Crippen LogP contribution in [0.5, 0.6) is 0 Å². The van der Waals surface area contributed by atoms with E-state index in [1.54, 1.807) is 11.8 Å². The zero-order valence-corrected chi connectivity index (χ0v) is 9.53.